The first kappa shape index (κ1) is 28.1. The minimum absolute atomic E-state index is 0.0124. The van der Waals surface area contributed by atoms with Crippen LogP contribution in [0.5, 0.6) is 5.88 Å². The first-order valence-corrected chi connectivity index (χ1v) is 14.0. The molecule has 0 unspecified atom stereocenters. The van der Waals surface area contributed by atoms with Crippen molar-refractivity contribution in [2.75, 3.05) is 31.1 Å². The molecule has 12 heteroatoms. The summed E-state index contributed by atoms with van der Waals surface area (Å²) in [7, 11) is 0. The van der Waals surface area contributed by atoms with Gasteiger partial charge in [0, 0.05) is 31.3 Å². The van der Waals surface area contributed by atoms with Crippen molar-refractivity contribution in [3.8, 4) is 11.9 Å². The topological polar surface area (TPSA) is 134 Å². The number of amides is 1. The molecule has 6 rings (SSSR count). The van der Waals surface area contributed by atoms with Gasteiger partial charge >= 0.3 is 5.97 Å². The normalized spacial score (nSPS) is 17.4. The van der Waals surface area contributed by atoms with Gasteiger partial charge in [0.25, 0.3) is 0 Å². The number of nitriles is 1. The molecule has 0 bridgehead atoms. The number of halogens is 1. The van der Waals surface area contributed by atoms with E-state index in [1.54, 1.807) is 35.2 Å². The minimum Gasteiger partial charge on any atom is -0.478 e. The van der Waals surface area contributed by atoms with Gasteiger partial charge in [-0.15, -0.1) is 0 Å². The molecule has 0 radical (unpaired) electrons. The Morgan fingerprint density at radius 2 is 2.05 bits per heavy atom. The van der Waals surface area contributed by atoms with Gasteiger partial charge in [0.15, 0.2) is 0 Å². The van der Waals surface area contributed by atoms with Crippen molar-refractivity contribution < 1.29 is 28.6 Å². The van der Waals surface area contributed by atoms with Crippen molar-refractivity contribution >= 4 is 28.7 Å². The van der Waals surface area contributed by atoms with Crippen LogP contribution >= 0.6 is 0 Å². The van der Waals surface area contributed by atoms with Crippen LogP contribution in [0.15, 0.2) is 54.6 Å². The van der Waals surface area contributed by atoms with E-state index in [4.69, 9.17) is 19.7 Å². The molecular weight excluding hydrogens is 555 g/mol. The number of hydrogen-bond acceptors (Lipinski definition) is 8. The van der Waals surface area contributed by atoms with Crippen molar-refractivity contribution in [3.05, 3.63) is 82.9 Å². The SMILES string of the molecule is C[C@@H](c1nc2ccc(C(=O)O)cc2n1C[C@@H]1CCO1)N1CCN(c2cccc(OCc3ccc(C#N)cc3F)n2)CC1=O. The quantitative estimate of drug-likeness (QED) is 0.311. The molecule has 2 fully saturated rings. The molecule has 2 aliphatic rings. The Morgan fingerprint density at radius 3 is 2.74 bits per heavy atom. The molecule has 2 aromatic carbocycles. The Bertz CT molecular complexity index is 1750. The molecule has 4 aromatic rings. The van der Waals surface area contributed by atoms with E-state index >= 15 is 0 Å². The highest BCUT2D eigenvalue weighted by molar-refractivity contribution is 5.92. The van der Waals surface area contributed by atoms with E-state index in [-0.39, 0.29) is 48.2 Å². The number of carbonyl (C=O) groups excluding carboxylic acids is 1. The first-order chi connectivity index (χ1) is 20.8. The van der Waals surface area contributed by atoms with Gasteiger partial charge < -0.3 is 28.9 Å². The zero-order chi connectivity index (χ0) is 30.1. The molecule has 2 saturated heterocycles. The van der Waals surface area contributed by atoms with Crippen LogP contribution < -0.4 is 9.64 Å². The van der Waals surface area contributed by atoms with Gasteiger partial charge in [-0.25, -0.2) is 14.2 Å². The Hall–Kier alpha value is -5.02. The van der Waals surface area contributed by atoms with E-state index < -0.39 is 11.8 Å². The van der Waals surface area contributed by atoms with Gasteiger partial charge in [0.1, 0.15) is 24.1 Å². The number of benzene rings is 2. The highest BCUT2D eigenvalue weighted by Crippen LogP contribution is 2.30. The van der Waals surface area contributed by atoms with Crippen molar-refractivity contribution in [1.29, 1.82) is 5.26 Å². The molecule has 2 aromatic heterocycles. The van der Waals surface area contributed by atoms with Crippen molar-refractivity contribution in [3.63, 3.8) is 0 Å². The molecule has 43 heavy (non-hydrogen) atoms. The zero-order valence-electron chi connectivity index (χ0n) is 23.4. The average Bonchev–Trinajstić information content (AvgIpc) is 3.35. The van der Waals surface area contributed by atoms with Gasteiger partial charge in [0.05, 0.1) is 53.5 Å². The van der Waals surface area contributed by atoms with Gasteiger partial charge in [-0.3, -0.25) is 4.79 Å². The number of piperazine rings is 1. The predicted octanol–water partition coefficient (Wildman–Crippen LogP) is 3.92. The lowest BCUT2D eigenvalue weighted by Crippen LogP contribution is -2.51. The maximum atomic E-state index is 14.3. The molecular formula is C31H29FN6O5. The van der Waals surface area contributed by atoms with Crippen molar-refractivity contribution in [2.24, 2.45) is 0 Å². The molecule has 2 atom stereocenters. The number of rotatable bonds is 9. The average molecular weight is 585 g/mol. The zero-order valence-corrected chi connectivity index (χ0v) is 23.4. The Kier molecular flexibility index (Phi) is 7.65. The lowest BCUT2D eigenvalue weighted by Gasteiger charge is -2.38. The second-order valence-corrected chi connectivity index (χ2v) is 10.6. The van der Waals surface area contributed by atoms with Crippen molar-refractivity contribution in [1.82, 2.24) is 19.4 Å². The number of carboxylic acids is 1. The largest absolute Gasteiger partial charge is 0.478 e. The Morgan fingerprint density at radius 1 is 1.21 bits per heavy atom. The number of anilines is 1. The number of ether oxygens (including phenoxy) is 2. The monoisotopic (exact) mass is 584 g/mol. The van der Waals surface area contributed by atoms with Gasteiger partial charge in [-0.1, -0.05) is 12.1 Å². The van der Waals surface area contributed by atoms with Crippen LogP contribution in [0.2, 0.25) is 0 Å². The number of nitrogens with zero attached hydrogens (tertiary/aromatic N) is 6. The van der Waals surface area contributed by atoms with Gasteiger partial charge in [-0.2, -0.15) is 10.2 Å². The second kappa shape index (κ2) is 11.7. The number of fused-ring (bicyclic) bond motifs is 1. The number of aromatic carboxylic acids is 1. The highest BCUT2D eigenvalue weighted by atomic mass is 19.1. The van der Waals surface area contributed by atoms with Crippen LogP contribution in [-0.4, -0.2) is 68.8 Å². The smallest absolute Gasteiger partial charge is 0.335 e. The molecule has 1 amide bonds. The van der Waals surface area contributed by atoms with E-state index in [0.29, 0.717) is 54.5 Å². The lowest BCUT2D eigenvalue weighted by molar-refractivity contribution is -0.133. The molecule has 0 aliphatic carbocycles. The van der Waals surface area contributed by atoms with E-state index in [1.165, 1.54) is 18.2 Å². The Balaban J connectivity index is 1.16. The summed E-state index contributed by atoms with van der Waals surface area (Å²) in [5.41, 5.74) is 2.08. The third-order valence-corrected chi connectivity index (χ3v) is 7.89. The summed E-state index contributed by atoms with van der Waals surface area (Å²) in [4.78, 5) is 38.1. The fraction of sp³-hybridized carbons (Fsp3) is 0.323. The summed E-state index contributed by atoms with van der Waals surface area (Å²) >= 11 is 0. The maximum Gasteiger partial charge on any atom is 0.335 e. The number of imidazole rings is 1. The number of pyridine rings is 1. The van der Waals surface area contributed by atoms with Gasteiger partial charge in [0.2, 0.25) is 11.8 Å². The number of aromatic nitrogens is 3. The molecule has 0 saturated carbocycles. The number of hydrogen-bond donors (Lipinski definition) is 1. The fourth-order valence-corrected chi connectivity index (χ4v) is 5.39. The third kappa shape index (κ3) is 5.72. The van der Waals surface area contributed by atoms with Crippen LogP contribution in [0, 0.1) is 17.1 Å². The maximum absolute atomic E-state index is 14.3. The number of carboxylic acid groups (broad SMARTS) is 1. The van der Waals surface area contributed by atoms with Crippen LogP contribution in [0.25, 0.3) is 11.0 Å². The van der Waals surface area contributed by atoms with E-state index in [9.17, 15) is 19.1 Å². The van der Waals surface area contributed by atoms with Crippen LogP contribution in [0.3, 0.4) is 0 Å². The fourth-order valence-electron chi connectivity index (χ4n) is 5.39. The summed E-state index contributed by atoms with van der Waals surface area (Å²) < 4.78 is 27.6. The lowest BCUT2D eigenvalue weighted by atomic mass is 10.1. The van der Waals surface area contributed by atoms with E-state index in [1.807, 2.05) is 22.5 Å². The molecule has 220 valence electrons. The van der Waals surface area contributed by atoms with Gasteiger partial charge in [-0.05, 0) is 49.7 Å². The number of carbonyl (C=O) groups is 2. The summed E-state index contributed by atoms with van der Waals surface area (Å²) in [6, 6.07) is 15.8. The summed E-state index contributed by atoms with van der Waals surface area (Å²) in [5.74, 6) is -0.108. The second-order valence-electron chi connectivity index (χ2n) is 10.6. The molecule has 1 N–H and O–H groups in total. The highest BCUT2D eigenvalue weighted by Gasteiger charge is 2.33. The standard InChI is InChI=1S/C31H29FN6O5/c1-19(30-34-25-8-7-21(31(40)41)14-26(25)38(30)16-23-9-12-42-23)37-11-10-36(17-29(37)39)27-3-2-4-28(35-27)43-18-22-6-5-20(15-33)13-24(22)32/h2-8,13-14,19,23H,9-12,16-18H2,1H3,(H,40,41)/t19-,23-/m0/s1. The van der Waals surface area contributed by atoms with Crippen molar-refractivity contribution in [2.45, 2.75) is 38.6 Å². The van der Waals surface area contributed by atoms with Crippen LogP contribution in [0.4, 0.5) is 10.2 Å². The summed E-state index contributed by atoms with van der Waals surface area (Å²) in [5, 5.41) is 18.5. The predicted molar refractivity (Wildman–Crippen MR) is 153 cm³/mol. The molecule has 0 spiro atoms. The van der Waals surface area contributed by atoms with E-state index in [2.05, 4.69) is 4.98 Å². The summed E-state index contributed by atoms with van der Waals surface area (Å²) in [6.45, 7) is 4.13. The van der Waals surface area contributed by atoms with E-state index in [0.717, 1.165) is 12.5 Å². The van der Waals surface area contributed by atoms with Crippen LogP contribution in [0.1, 0.15) is 46.7 Å². The third-order valence-electron chi connectivity index (χ3n) is 7.89. The van der Waals surface area contributed by atoms with Crippen LogP contribution in [-0.2, 0) is 22.7 Å². The Labute approximate surface area is 246 Å². The first-order valence-electron chi connectivity index (χ1n) is 14.0. The molecule has 11 nitrogen and oxygen atoms in total. The molecule has 2 aliphatic heterocycles. The summed E-state index contributed by atoms with van der Waals surface area (Å²) in [6.07, 6.45) is 0.917. The molecule has 4 heterocycles. The minimum atomic E-state index is -1.01.